The Balaban J connectivity index is 2.52. The van der Waals surface area contributed by atoms with Crippen LogP contribution in [0.2, 0.25) is 0 Å². The zero-order valence-corrected chi connectivity index (χ0v) is 11.9. The molecule has 1 rings (SSSR count). The molecule has 1 aliphatic rings. The highest BCUT2D eigenvalue weighted by Gasteiger charge is 2.29. The molecule has 0 aliphatic heterocycles. The Hall–Kier alpha value is -0.0400. The molecule has 1 heteroatoms. The highest BCUT2D eigenvalue weighted by Crippen LogP contribution is 2.36. The smallest absolute Gasteiger partial charge is 0.00292 e. The molecule has 0 aromatic rings. The summed E-state index contributed by atoms with van der Waals surface area (Å²) in [6, 6.07) is 0. The first-order valence-electron chi connectivity index (χ1n) is 7.17. The quantitative estimate of drug-likeness (QED) is 0.691. The Morgan fingerprint density at radius 2 is 1.31 bits per heavy atom. The first-order chi connectivity index (χ1) is 7.52. The molecule has 0 heterocycles. The summed E-state index contributed by atoms with van der Waals surface area (Å²) in [7, 11) is 4.41. The molecule has 96 valence electrons. The van der Waals surface area contributed by atoms with Gasteiger partial charge in [0.2, 0.25) is 0 Å². The van der Waals surface area contributed by atoms with Crippen LogP contribution in [-0.2, 0) is 0 Å². The second-order valence-electron chi connectivity index (χ2n) is 6.62. The van der Waals surface area contributed by atoms with E-state index in [9.17, 15) is 0 Å². The van der Waals surface area contributed by atoms with Crippen LogP contribution in [-0.4, -0.2) is 25.5 Å². The van der Waals surface area contributed by atoms with Gasteiger partial charge in [-0.15, -0.1) is 0 Å². The van der Waals surface area contributed by atoms with Crippen LogP contribution in [0, 0.1) is 11.3 Å². The monoisotopic (exact) mass is 225 g/mol. The number of rotatable bonds is 3. The van der Waals surface area contributed by atoms with Crippen LogP contribution in [0.4, 0.5) is 0 Å². The lowest BCUT2D eigenvalue weighted by Crippen LogP contribution is -2.35. The van der Waals surface area contributed by atoms with E-state index in [4.69, 9.17) is 0 Å². The topological polar surface area (TPSA) is 3.24 Å². The fourth-order valence-corrected chi connectivity index (χ4v) is 3.36. The molecule has 0 unspecified atom stereocenters. The lowest BCUT2D eigenvalue weighted by Gasteiger charge is -2.37. The van der Waals surface area contributed by atoms with Crippen LogP contribution in [0.1, 0.15) is 65.2 Å². The maximum Gasteiger partial charge on any atom is 0.00292 e. The summed E-state index contributed by atoms with van der Waals surface area (Å²) >= 11 is 0. The van der Waals surface area contributed by atoms with E-state index in [2.05, 4.69) is 32.8 Å². The average Bonchev–Trinajstić information content (AvgIpc) is 2.28. The summed E-state index contributed by atoms with van der Waals surface area (Å²) in [5, 5.41) is 0. The van der Waals surface area contributed by atoms with E-state index in [0.29, 0.717) is 5.41 Å². The Morgan fingerprint density at radius 3 is 1.75 bits per heavy atom. The third-order valence-electron chi connectivity index (χ3n) is 4.18. The summed E-state index contributed by atoms with van der Waals surface area (Å²) in [6.07, 6.45) is 11.7. The first-order valence-corrected chi connectivity index (χ1v) is 7.17. The van der Waals surface area contributed by atoms with Crippen LogP contribution >= 0.6 is 0 Å². The van der Waals surface area contributed by atoms with Gasteiger partial charge in [-0.1, -0.05) is 52.4 Å². The second-order valence-corrected chi connectivity index (χ2v) is 6.62. The molecule has 1 nitrogen and oxygen atoms in total. The normalized spacial score (nSPS) is 21.6. The highest BCUT2D eigenvalue weighted by molar-refractivity contribution is 4.81. The van der Waals surface area contributed by atoms with Gasteiger partial charge in [-0.05, 0) is 38.3 Å². The van der Waals surface area contributed by atoms with Crippen molar-refractivity contribution in [2.75, 3.05) is 20.6 Å². The Morgan fingerprint density at radius 1 is 0.875 bits per heavy atom. The largest absolute Gasteiger partial charge is 0.309 e. The standard InChI is InChI=1S/C15H31N/c1-15(2,13-16(3)4)14-11-9-7-5-6-8-10-12-14/h14H,5-13H2,1-4H3. The van der Waals surface area contributed by atoms with Crippen molar-refractivity contribution in [3.8, 4) is 0 Å². The Labute approximate surface area is 103 Å². The van der Waals surface area contributed by atoms with E-state index in [-0.39, 0.29) is 0 Å². The maximum absolute atomic E-state index is 2.47. The van der Waals surface area contributed by atoms with Crippen LogP contribution in [0.25, 0.3) is 0 Å². The van der Waals surface area contributed by atoms with Crippen LogP contribution in [0.5, 0.6) is 0 Å². The van der Waals surface area contributed by atoms with E-state index in [1.807, 2.05) is 0 Å². The van der Waals surface area contributed by atoms with Gasteiger partial charge < -0.3 is 4.90 Å². The van der Waals surface area contributed by atoms with Crippen molar-refractivity contribution in [2.24, 2.45) is 11.3 Å². The summed E-state index contributed by atoms with van der Waals surface area (Å²) < 4.78 is 0. The van der Waals surface area contributed by atoms with Crippen LogP contribution in [0.3, 0.4) is 0 Å². The predicted molar refractivity (Wildman–Crippen MR) is 72.8 cm³/mol. The van der Waals surface area contributed by atoms with Gasteiger partial charge in [0.1, 0.15) is 0 Å². The van der Waals surface area contributed by atoms with Gasteiger partial charge >= 0.3 is 0 Å². The van der Waals surface area contributed by atoms with Crippen LogP contribution < -0.4 is 0 Å². The third kappa shape index (κ3) is 4.86. The molecule has 0 atom stereocenters. The molecule has 16 heavy (non-hydrogen) atoms. The van der Waals surface area contributed by atoms with Crippen molar-refractivity contribution in [3.05, 3.63) is 0 Å². The molecule has 0 radical (unpaired) electrons. The number of hydrogen-bond acceptors (Lipinski definition) is 1. The second kappa shape index (κ2) is 6.64. The van der Waals surface area contributed by atoms with Gasteiger partial charge in [0.25, 0.3) is 0 Å². The molecule has 1 saturated carbocycles. The van der Waals surface area contributed by atoms with Crippen molar-refractivity contribution in [3.63, 3.8) is 0 Å². The van der Waals surface area contributed by atoms with E-state index in [0.717, 1.165) is 5.92 Å². The minimum atomic E-state index is 0.494. The molecule has 0 spiro atoms. The van der Waals surface area contributed by atoms with Crippen molar-refractivity contribution >= 4 is 0 Å². The molecule has 0 aromatic heterocycles. The van der Waals surface area contributed by atoms with E-state index >= 15 is 0 Å². The summed E-state index contributed by atoms with van der Waals surface area (Å²) in [5.41, 5.74) is 0.494. The fourth-order valence-electron chi connectivity index (χ4n) is 3.36. The average molecular weight is 225 g/mol. The lowest BCUT2D eigenvalue weighted by atomic mass is 9.73. The minimum absolute atomic E-state index is 0.494. The summed E-state index contributed by atoms with van der Waals surface area (Å²) in [6.45, 7) is 6.17. The Kier molecular flexibility index (Phi) is 5.82. The van der Waals surface area contributed by atoms with E-state index in [1.165, 1.54) is 57.9 Å². The summed E-state index contributed by atoms with van der Waals surface area (Å²) in [5.74, 6) is 0.938. The zero-order chi connectivity index (χ0) is 12.0. The maximum atomic E-state index is 2.47. The lowest BCUT2D eigenvalue weighted by molar-refractivity contribution is 0.132. The Bertz CT molecular complexity index is 174. The van der Waals surface area contributed by atoms with E-state index in [1.54, 1.807) is 0 Å². The van der Waals surface area contributed by atoms with Crippen molar-refractivity contribution in [1.29, 1.82) is 0 Å². The number of nitrogens with zero attached hydrogens (tertiary/aromatic N) is 1. The molecule has 0 amide bonds. The van der Waals surface area contributed by atoms with Gasteiger partial charge in [0.05, 0.1) is 0 Å². The molecule has 0 N–H and O–H groups in total. The van der Waals surface area contributed by atoms with Gasteiger partial charge in [-0.25, -0.2) is 0 Å². The molecule has 0 bridgehead atoms. The third-order valence-corrected chi connectivity index (χ3v) is 4.18. The molecular weight excluding hydrogens is 194 g/mol. The fraction of sp³-hybridized carbons (Fsp3) is 1.00. The van der Waals surface area contributed by atoms with Gasteiger partial charge in [0.15, 0.2) is 0 Å². The minimum Gasteiger partial charge on any atom is -0.309 e. The molecule has 0 aromatic carbocycles. The van der Waals surface area contributed by atoms with Gasteiger partial charge in [0, 0.05) is 6.54 Å². The first kappa shape index (κ1) is 14.0. The highest BCUT2D eigenvalue weighted by atomic mass is 15.1. The van der Waals surface area contributed by atoms with E-state index < -0.39 is 0 Å². The van der Waals surface area contributed by atoms with Crippen molar-refractivity contribution in [2.45, 2.75) is 65.2 Å². The molecule has 1 fully saturated rings. The molecule has 1 aliphatic carbocycles. The predicted octanol–water partition coefficient (Wildman–Crippen LogP) is 4.32. The molecular formula is C15H31N. The van der Waals surface area contributed by atoms with Gasteiger partial charge in [-0.3, -0.25) is 0 Å². The van der Waals surface area contributed by atoms with Gasteiger partial charge in [-0.2, -0.15) is 0 Å². The van der Waals surface area contributed by atoms with Crippen molar-refractivity contribution < 1.29 is 0 Å². The zero-order valence-electron chi connectivity index (χ0n) is 11.9. The summed E-state index contributed by atoms with van der Waals surface area (Å²) in [4.78, 5) is 2.35. The SMILES string of the molecule is CN(C)CC(C)(C)C1CCCCCCCC1. The number of hydrogen-bond donors (Lipinski definition) is 0. The molecule has 0 saturated heterocycles. The van der Waals surface area contributed by atoms with Crippen molar-refractivity contribution in [1.82, 2.24) is 4.90 Å². The van der Waals surface area contributed by atoms with Crippen LogP contribution in [0.15, 0.2) is 0 Å².